The Kier molecular flexibility index (Phi) is 11.5. The first-order chi connectivity index (χ1) is 25.1. The summed E-state index contributed by atoms with van der Waals surface area (Å²) in [5.74, 6) is -0.655. The SMILES string of the molecule is COc1cc(C(=O)Nc2cccc(-c3nccc(-c4ccc(CNC5CCN(C(C)=O)CC5)c(OC)n4)c3Cl)c2Cl)ncc1CN1CC(C(=O)O)C1. The van der Waals surface area contributed by atoms with Crippen LogP contribution < -0.4 is 20.1 Å². The van der Waals surface area contributed by atoms with Crippen LogP contribution in [0.5, 0.6) is 11.6 Å². The molecular formula is C37H39Cl2N7O6. The number of hydrogen-bond donors (Lipinski definition) is 3. The number of amides is 2. The van der Waals surface area contributed by atoms with Gasteiger partial charge >= 0.3 is 5.97 Å². The number of aliphatic carboxylic acids is 1. The number of rotatable bonds is 12. The first-order valence-electron chi connectivity index (χ1n) is 16.8. The average molecular weight is 749 g/mol. The van der Waals surface area contributed by atoms with E-state index in [1.54, 1.807) is 56.8 Å². The summed E-state index contributed by atoms with van der Waals surface area (Å²) in [6, 6.07) is 12.6. The van der Waals surface area contributed by atoms with Gasteiger partial charge in [-0.1, -0.05) is 41.4 Å². The number of halogens is 2. The molecule has 2 fully saturated rings. The Balaban J connectivity index is 1.16. The number of nitrogens with one attached hydrogen (secondary N) is 2. The van der Waals surface area contributed by atoms with Crippen molar-refractivity contribution >= 4 is 46.7 Å². The van der Waals surface area contributed by atoms with Gasteiger partial charge in [-0.15, -0.1) is 0 Å². The number of anilines is 1. The van der Waals surface area contributed by atoms with Crippen molar-refractivity contribution in [1.82, 2.24) is 30.1 Å². The second-order valence-electron chi connectivity index (χ2n) is 12.8. The van der Waals surface area contributed by atoms with E-state index in [4.69, 9.17) is 42.8 Å². The molecule has 2 saturated heterocycles. The number of carboxylic acids is 1. The molecule has 3 aromatic heterocycles. The maximum atomic E-state index is 13.3. The number of methoxy groups -OCH3 is 2. The van der Waals surface area contributed by atoms with Crippen molar-refractivity contribution < 1.29 is 29.0 Å². The van der Waals surface area contributed by atoms with E-state index in [0.29, 0.717) is 77.1 Å². The highest BCUT2D eigenvalue weighted by Gasteiger charge is 2.33. The number of hydrogen-bond acceptors (Lipinski definition) is 10. The minimum atomic E-state index is -0.811. The van der Waals surface area contributed by atoms with Gasteiger partial charge in [0.25, 0.3) is 5.91 Å². The van der Waals surface area contributed by atoms with Crippen LogP contribution in [0.4, 0.5) is 5.69 Å². The number of pyridine rings is 3. The molecule has 0 saturated carbocycles. The van der Waals surface area contributed by atoms with Gasteiger partial charge in [0, 0.05) is 92.9 Å². The minimum absolute atomic E-state index is 0.107. The Morgan fingerprint density at radius 2 is 1.73 bits per heavy atom. The maximum absolute atomic E-state index is 13.3. The Labute approximate surface area is 311 Å². The number of aromatic nitrogens is 3. The number of carbonyl (C=O) groups is 3. The highest BCUT2D eigenvalue weighted by Crippen LogP contribution is 2.40. The van der Waals surface area contributed by atoms with Crippen molar-refractivity contribution in [2.75, 3.05) is 45.7 Å². The average Bonchev–Trinajstić information content (AvgIpc) is 3.13. The Morgan fingerprint density at radius 1 is 0.962 bits per heavy atom. The van der Waals surface area contributed by atoms with Crippen LogP contribution in [0.15, 0.2) is 54.9 Å². The topological polar surface area (TPSA) is 159 Å². The molecule has 2 aliphatic heterocycles. The highest BCUT2D eigenvalue weighted by molar-refractivity contribution is 6.39. The molecule has 0 bridgehead atoms. The van der Waals surface area contributed by atoms with Gasteiger partial charge in [0.05, 0.1) is 47.3 Å². The highest BCUT2D eigenvalue weighted by atomic mass is 35.5. The summed E-state index contributed by atoms with van der Waals surface area (Å²) in [7, 11) is 3.08. The molecule has 3 N–H and O–H groups in total. The molecule has 272 valence electrons. The predicted molar refractivity (Wildman–Crippen MR) is 197 cm³/mol. The van der Waals surface area contributed by atoms with Crippen LogP contribution in [0.2, 0.25) is 10.0 Å². The third-order valence-corrected chi connectivity index (χ3v) is 10.2. The van der Waals surface area contributed by atoms with Crippen molar-refractivity contribution in [3.63, 3.8) is 0 Å². The summed E-state index contributed by atoms with van der Waals surface area (Å²) in [5.41, 5.74) is 4.21. The molecule has 0 aliphatic carbocycles. The number of likely N-dealkylation sites (tertiary alicyclic amines) is 2. The van der Waals surface area contributed by atoms with Crippen molar-refractivity contribution in [2.24, 2.45) is 5.92 Å². The van der Waals surface area contributed by atoms with Crippen molar-refractivity contribution in [2.45, 2.75) is 38.9 Å². The Bertz CT molecular complexity index is 1980. The van der Waals surface area contributed by atoms with E-state index >= 15 is 0 Å². The van der Waals surface area contributed by atoms with Crippen LogP contribution in [0.25, 0.3) is 22.5 Å². The molecule has 4 aromatic rings. The first-order valence-corrected chi connectivity index (χ1v) is 17.6. The summed E-state index contributed by atoms with van der Waals surface area (Å²) in [6.07, 6.45) is 4.94. The zero-order chi connectivity index (χ0) is 36.9. The van der Waals surface area contributed by atoms with Crippen molar-refractivity contribution in [3.8, 4) is 34.1 Å². The molecule has 2 aliphatic rings. The molecule has 13 nitrogen and oxygen atoms in total. The summed E-state index contributed by atoms with van der Waals surface area (Å²) in [6.45, 7) is 4.98. The Hall–Kier alpha value is -4.82. The lowest BCUT2D eigenvalue weighted by Gasteiger charge is -2.36. The molecule has 2 amide bonds. The monoisotopic (exact) mass is 747 g/mol. The van der Waals surface area contributed by atoms with E-state index in [1.807, 2.05) is 21.9 Å². The molecule has 52 heavy (non-hydrogen) atoms. The minimum Gasteiger partial charge on any atom is -0.496 e. The van der Waals surface area contributed by atoms with Crippen LogP contribution in [-0.4, -0.2) is 94.1 Å². The van der Waals surface area contributed by atoms with Crippen molar-refractivity contribution in [3.05, 3.63) is 81.7 Å². The number of piperidine rings is 1. The van der Waals surface area contributed by atoms with Gasteiger partial charge in [-0.3, -0.25) is 29.3 Å². The van der Waals surface area contributed by atoms with Gasteiger partial charge in [0.2, 0.25) is 11.8 Å². The van der Waals surface area contributed by atoms with E-state index < -0.39 is 11.9 Å². The van der Waals surface area contributed by atoms with Gasteiger partial charge in [0.15, 0.2) is 0 Å². The largest absolute Gasteiger partial charge is 0.496 e. The number of carboxylic acid groups (broad SMARTS) is 1. The number of carbonyl (C=O) groups excluding carboxylic acids is 2. The summed E-state index contributed by atoms with van der Waals surface area (Å²) < 4.78 is 11.2. The van der Waals surface area contributed by atoms with Crippen LogP contribution in [0.3, 0.4) is 0 Å². The first kappa shape index (κ1) is 37.0. The van der Waals surface area contributed by atoms with Gasteiger partial charge in [-0.25, -0.2) is 4.98 Å². The fraction of sp³-hybridized carbons (Fsp3) is 0.351. The van der Waals surface area contributed by atoms with Crippen LogP contribution in [0, 0.1) is 5.92 Å². The second-order valence-corrected chi connectivity index (χ2v) is 13.5. The van der Waals surface area contributed by atoms with Crippen molar-refractivity contribution in [1.29, 1.82) is 0 Å². The lowest BCUT2D eigenvalue weighted by molar-refractivity contribution is -0.147. The third-order valence-electron chi connectivity index (χ3n) is 9.42. The lowest BCUT2D eigenvalue weighted by Crippen LogP contribution is -2.49. The van der Waals surface area contributed by atoms with Gasteiger partial charge in [0.1, 0.15) is 11.4 Å². The standard InChI is InChI=1S/C37H39Cl2N7O6/c1-21(47)46-13-10-25(11-14-46)41-16-22-7-8-28(44-36(22)52-3)26-9-12-40-34(33(26)39)27-5-4-6-29(32(27)38)43-35(48)30-15-31(51-2)23(17-42-30)18-45-19-24(20-45)37(49)50/h4-9,12,15,17,24-25,41H,10-11,13-14,16,18-20H2,1-3H3,(H,43,48)(H,49,50). The molecule has 0 spiro atoms. The van der Waals surface area contributed by atoms with E-state index in [9.17, 15) is 14.4 Å². The van der Waals surface area contributed by atoms with Crippen LogP contribution in [0.1, 0.15) is 41.4 Å². The normalized spacial score (nSPS) is 15.2. The molecule has 15 heteroatoms. The quantitative estimate of drug-likeness (QED) is 0.170. The smallest absolute Gasteiger partial charge is 0.309 e. The van der Waals surface area contributed by atoms with E-state index in [0.717, 1.165) is 37.1 Å². The summed E-state index contributed by atoms with van der Waals surface area (Å²) in [4.78, 5) is 53.6. The second kappa shape index (κ2) is 16.2. The van der Waals surface area contributed by atoms with E-state index in [2.05, 4.69) is 20.6 Å². The maximum Gasteiger partial charge on any atom is 0.309 e. The zero-order valence-corrected chi connectivity index (χ0v) is 30.5. The van der Waals surface area contributed by atoms with Crippen LogP contribution in [-0.2, 0) is 22.7 Å². The zero-order valence-electron chi connectivity index (χ0n) is 29.0. The number of nitrogens with zero attached hydrogens (tertiary/aromatic N) is 5. The molecule has 0 radical (unpaired) electrons. The number of benzene rings is 1. The van der Waals surface area contributed by atoms with Crippen LogP contribution >= 0.6 is 23.2 Å². The van der Waals surface area contributed by atoms with E-state index in [1.165, 1.54) is 7.11 Å². The Morgan fingerprint density at radius 3 is 2.42 bits per heavy atom. The number of ether oxygens (including phenoxy) is 2. The molecule has 6 rings (SSSR count). The summed E-state index contributed by atoms with van der Waals surface area (Å²) >= 11 is 13.8. The fourth-order valence-electron chi connectivity index (χ4n) is 6.40. The van der Waals surface area contributed by atoms with Gasteiger partial charge in [-0.05, 0) is 31.0 Å². The molecule has 5 heterocycles. The van der Waals surface area contributed by atoms with Gasteiger partial charge < -0.3 is 30.1 Å². The van der Waals surface area contributed by atoms with E-state index in [-0.39, 0.29) is 22.5 Å². The molecule has 0 atom stereocenters. The molecule has 1 aromatic carbocycles. The fourth-order valence-corrected chi connectivity index (χ4v) is 6.98. The third kappa shape index (κ3) is 8.13. The summed E-state index contributed by atoms with van der Waals surface area (Å²) in [5, 5.41) is 16.1. The van der Waals surface area contributed by atoms with Gasteiger partial charge in [-0.2, -0.15) is 0 Å². The lowest BCUT2D eigenvalue weighted by atomic mass is 10.00. The molecule has 0 unspecified atom stereocenters. The molecular weight excluding hydrogens is 709 g/mol. The predicted octanol–water partition coefficient (Wildman–Crippen LogP) is 5.40.